The molecule has 0 saturated carbocycles. The molecule has 0 spiro atoms. The van der Waals surface area contributed by atoms with E-state index in [0.717, 1.165) is 18.4 Å². The molecule has 0 saturated heterocycles. The van der Waals surface area contributed by atoms with E-state index in [4.69, 9.17) is 0 Å². The first kappa shape index (κ1) is 21.6. The third-order valence-corrected chi connectivity index (χ3v) is 6.13. The van der Waals surface area contributed by atoms with Crippen molar-refractivity contribution in [1.82, 2.24) is 0 Å². The summed E-state index contributed by atoms with van der Waals surface area (Å²) in [7, 11) is 0. The smallest absolute Gasteiger partial charge is 0.0131 e. The Kier molecular flexibility index (Phi) is 6.82. The Morgan fingerprint density at radius 2 is 1.56 bits per heavy atom. The predicted molar refractivity (Wildman–Crippen MR) is 141 cm³/mol. The van der Waals surface area contributed by atoms with Gasteiger partial charge in [-0.25, -0.2) is 0 Å². The molecular weight excluding hydrogens is 384 g/mol. The van der Waals surface area contributed by atoms with Crippen LogP contribution in [0, 0.1) is 11.8 Å². The molecule has 2 aliphatic carbocycles. The van der Waals surface area contributed by atoms with Crippen LogP contribution in [-0.2, 0) is 0 Å². The lowest BCUT2D eigenvalue weighted by Gasteiger charge is -2.32. The van der Waals surface area contributed by atoms with E-state index < -0.39 is 0 Å². The average Bonchev–Trinajstić information content (AvgIpc) is 2.85. The fourth-order valence-corrected chi connectivity index (χ4v) is 4.59. The van der Waals surface area contributed by atoms with Crippen molar-refractivity contribution in [3.05, 3.63) is 145 Å². The molecule has 2 aromatic carbocycles. The predicted octanol–water partition coefficient (Wildman–Crippen LogP) is 8.76. The Labute approximate surface area is 192 Å². The summed E-state index contributed by atoms with van der Waals surface area (Å²) in [5.41, 5.74) is 8.56. The molecule has 2 aliphatic rings. The second-order valence-electron chi connectivity index (χ2n) is 8.21. The van der Waals surface area contributed by atoms with Crippen LogP contribution >= 0.6 is 0 Å². The molecule has 2 aromatic rings. The molecule has 0 aromatic heterocycles. The van der Waals surface area contributed by atoms with Gasteiger partial charge in [0, 0.05) is 11.8 Å². The van der Waals surface area contributed by atoms with Gasteiger partial charge in [0.1, 0.15) is 0 Å². The quantitative estimate of drug-likeness (QED) is 0.299. The van der Waals surface area contributed by atoms with Gasteiger partial charge in [0.15, 0.2) is 0 Å². The van der Waals surface area contributed by atoms with Crippen molar-refractivity contribution in [1.29, 1.82) is 0 Å². The van der Waals surface area contributed by atoms with Crippen molar-refractivity contribution < 1.29 is 0 Å². The molecule has 158 valence electrons. The lowest BCUT2D eigenvalue weighted by atomic mass is 9.71. The Morgan fingerprint density at radius 3 is 2.31 bits per heavy atom. The van der Waals surface area contributed by atoms with Crippen LogP contribution in [0.3, 0.4) is 0 Å². The molecule has 0 N–H and O–H groups in total. The van der Waals surface area contributed by atoms with Gasteiger partial charge < -0.3 is 0 Å². The van der Waals surface area contributed by atoms with E-state index in [2.05, 4.69) is 111 Å². The van der Waals surface area contributed by atoms with Gasteiger partial charge in [-0.05, 0) is 70.0 Å². The maximum Gasteiger partial charge on any atom is 0.0131 e. The second kappa shape index (κ2) is 10.1. The van der Waals surface area contributed by atoms with Crippen LogP contribution in [0.2, 0.25) is 0 Å². The highest BCUT2D eigenvalue weighted by Crippen LogP contribution is 2.44. The van der Waals surface area contributed by atoms with Crippen LogP contribution in [0.4, 0.5) is 0 Å². The Hall–Kier alpha value is -3.64. The summed E-state index contributed by atoms with van der Waals surface area (Å²) < 4.78 is 0. The molecule has 0 bridgehead atoms. The Bertz CT molecular complexity index is 1160. The fourth-order valence-electron chi connectivity index (χ4n) is 4.59. The third-order valence-electron chi connectivity index (χ3n) is 6.13. The summed E-state index contributed by atoms with van der Waals surface area (Å²) in [4.78, 5) is 0. The molecule has 0 radical (unpaired) electrons. The fraction of sp³-hybridized carbons (Fsp3) is 0.125. The molecule has 2 unspecified atom stereocenters. The van der Waals surface area contributed by atoms with Gasteiger partial charge in [0.2, 0.25) is 0 Å². The second-order valence-corrected chi connectivity index (χ2v) is 8.21. The van der Waals surface area contributed by atoms with Crippen molar-refractivity contribution in [2.45, 2.75) is 12.8 Å². The highest BCUT2D eigenvalue weighted by molar-refractivity contribution is 5.84. The maximum atomic E-state index is 4.16. The van der Waals surface area contributed by atoms with Crippen molar-refractivity contribution in [3.63, 3.8) is 0 Å². The summed E-state index contributed by atoms with van der Waals surface area (Å²) in [5, 5.41) is 0. The molecule has 32 heavy (non-hydrogen) atoms. The topological polar surface area (TPSA) is 0 Å². The van der Waals surface area contributed by atoms with Gasteiger partial charge in [0.05, 0.1) is 0 Å². The van der Waals surface area contributed by atoms with Crippen molar-refractivity contribution in [2.24, 2.45) is 11.8 Å². The minimum absolute atomic E-state index is 0.292. The normalized spacial score (nSPS) is 19.6. The Balaban J connectivity index is 1.90. The number of fused-ring (bicyclic) bond motifs is 1. The third kappa shape index (κ3) is 4.50. The summed E-state index contributed by atoms with van der Waals surface area (Å²) in [6, 6.07) is 17.5. The molecule has 2 atom stereocenters. The van der Waals surface area contributed by atoms with Crippen molar-refractivity contribution in [3.8, 4) is 11.1 Å². The van der Waals surface area contributed by atoms with Crippen LogP contribution in [0.5, 0.6) is 0 Å². The molecule has 0 fully saturated rings. The highest BCUT2D eigenvalue weighted by Gasteiger charge is 2.29. The van der Waals surface area contributed by atoms with Gasteiger partial charge in [-0.15, -0.1) is 6.58 Å². The van der Waals surface area contributed by atoms with Crippen LogP contribution in [-0.4, -0.2) is 0 Å². The molecule has 0 nitrogen and oxygen atoms in total. The SMILES string of the molecule is C=CCC/C=C/c1cc(C2=C(C=C)C(C=C)=CC3C=CC=CC23)cc(-c2ccccc2)c1. The highest BCUT2D eigenvalue weighted by atomic mass is 14.3. The standard InChI is InChI=1S/C32H30/c1-4-7-8-10-15-24-20-28(26-16-11-9-12-17-26)23-29(21-24)32-30(6-3)25(5-2)22-27-18-13-14-19-31(27)32/h4-6,9-23,27,31H,1-3,7-8H2/b15-10+. The first-order valence-corrected chi connectivity index (χ1v) is 11.3. The Morgan fingerprint density at radius 1 is 0.781 bits per heavy atom. The van der Waals surface area contributed by atoms with Gasteiger partial charge in [-0.2, -0.15) is 0 Å². The summed E-state index contributed by atoms with van der Waals surface area (Å²) in [6.07, 6.45) is 23.6. The lowest BCUT2D eigenvalue weighted by molar-refractivity contribution is 0.670. The van der Waals surface area contributed by atoms with Gasteiger partial charge >= 0.3 is 0 Å². The van der Waals surface area contributed by atoms with Crippen LogP contribution in [0.25, 0.3) is 22.8 Å². The number of allylic oxidation sites excluding steroid dienone is 12. The zero-order valence-corrected chi connectivity index (χ0v) is 18.6. The van der Waals surface area contributed by atoms with Gasteiger partial charge in [-0.3, -0.25) is 0 Å². The summed E-state index contributed by atoms with van der Waals surface area (Å²) in [5.74, 6) is 0.624. The number of benzene rings is 2. The van der Waals surface area contributed by atoms with E-state index in [1.165, 1.54) is 33.4 Å². The van der Waals surface area contributed by atoms with E-state index >= 15 is 0 Å². The number of rotatable bonds is 8. The molecular formula is C32H30. The largest absolute Gasteiger partial charge is 0.103 e. The summed E-state index contributed by atoms with van der Waals surface area (Å²) in [6.45, 7) is 12.1. The van der Waals surface area contributed by atoms with Crippen molar-refractivity contribution >= 4 is 11.6 Å². The van der Waals surface area contributed by atoms with Gasteiger partial charge in [-0.1, -0.05) is 104 Å². The maximum absolute atomic E-state index is 4.16. The zero-order chi connectivity index (χ0) is 22.3. The summed E-state index contributed by atoms with van der Waals surface area (Å²) >= 11 is 0. The number of hydrogen-bond acceptors (Lipinski definition) is 0. The molecule has 0 amide bonds. The molecule has 0 heteroatoms. The van der Waals surface area contributed by atoms with E-state index in [1.807, 2.05) is 18.2 Å². The lowest BCUT2D eigenvalue weighted by Crippen LogP contribution is -2.19. The van der Waals surface area contributed by atoms with Crippen LogP contribution in [0.1, 0.15) is 24.0 Å². The molecule has 0 heterocycles. The minimum Gasteiger partial charge on any atom is -0.103 e. The van der Waals surface area contributed by atoms with E-state index in [9.17, 15) is 0 Å². The first-order chi connectivity index (χ1) is 15.7. The number of hydrogen-bond donors (Lipinski definition) is 0. The first-order valence-electron chi connectivity index (χ1n) is 11.3. The van der Waals surface area contributed by atoms with Crippen LogP contribution in [0.15, 0.2) is 134 Å². The van der Waals surface area contributed by atoms with E-state index in [1.54, 1.807) is 0 Å². The monoisotopic (exact) mass is 414 g/mol. The minimum atomic E-state index is 0.292. The van der Waals surface area contributed by atoms with E-state index in [0.29, 0.717) is 11.8 Å². The van der Waals surface area contributed by atoms with Gasteiger partial charge in [0.25, 0.3) is 0 Å². The van der Waals surface area contributed by atoms with Crippen molar-refractivity contribution in [2.75, 3.05) is 0 Å². The average molecular weight is 415 g/mol. The van der Waals surface area contributed by atoms with E-state index in [-0.39, 0.29) is 0 Å². The molecule has 4 rings (SSSR count). The number of unbranched alkanes of at least 4 members (excludes halogenated alkanes) is 1. The zero-order valence-electron chi connectivity index (χ0n) is 18.6. The molecule has 0 aliphatic heterocycles. The van der Waals surface area contributed by atoms with Crippen LogP contribution < -0.4 is 0 Å².